The molecule has 0 bridgehead atoms. The highest BCUT2D eigenvalue weighted by molar-refractivity contribution is 6.11. The first-order valence-electron chi connectivity index (χ1n) is 11.2. The fraction of sp³-hybridized carbons (Fsp3) is 0.160. The maximum Gasteiger partial charge on any atom is 0.257 e. The summed E-state index contributed by atoms with van der Waals surface area (Å²) in [5.74, 6) is -1.59. The van der Waals surface area contributed by atoms with Gasteiger partial charge < -0.3 is 20.5 Å². The second kappa shape index (κ2) is 9.05. The largest absolute Gasteiger partial charge is 0.371 e. The van der Waals surface area contributed by atoms with Crippen LogP contribution in [0.4, 0.5) is 31.8 Å². The van der Waals surface area contributed by atoms with Gasteiger partial charge in [0, 0.05) is 24.2 Å². The van der Waals surface area contributed by atoms with Gasteiger partial charge in [0.2, 0.25) is 5.95 Å². The summed E-state index contributed by atoms with van der Waals surface area (Å²) in [5, 5.41) is 13.4. The molecule has 5 aromatic rings. The van der Waals surface area contributed by atoms with E-state index >= 15 is 0 Å². The van der Waals surface area contributed by atoms with E-state index < -0.39 is 11.6 Å². The molecule has 2 aromatic heterocycles. The van der Waals surface area contributed by atoms with Crippen molar-refractivity contribution in [3.63, 3.8) is 0 Å². The van der Waals surface area contributed by atoms with Crippen molar-refractivity contribution in [1.29, 1.82) is 0 Å². The Morgan fingerprint density at radius 1 is 1.03 bits per heavy atom. The third kappa shape index (κ3) is 4.25. The predicted molar refractivity (Wildman–Crippen MR) is 133 cm³/mol. The van der Waals surface area contributed by atoms with Crippen molar-refractivity contribution >= 4 is 50.9 Å². The average molecular weight is 476 g/mol. The Hall–Kier alpha value is -4.47. The zero-order valence-electron chi connectivity index (χ0n) is 19.1. The molecule has 0 saturated carbocycles. The number of rotatable bonds is 7. The van der Waals surface area contributed by atoms with Gasteiger partial charge in [-0.15, -0.1) is 0 Å². The van der Waals surface area contributed by atoms with Crippen molar-refractivity contribution < 1.29 is 13.6 Å². The van der Waals surface area contributed by atoms with Crippen LogP contribution in [0.3, 0.4) is 0 Å². The number of H-pyrrole nitrogens is 2. The molecule has 0 radical (unpaired) electrons. The molecule has 178 valence electrons. The van der Waals surface area contributed by atoms with Crippen molar-refractivity contribution in [1.82, 2.24) is 20.2 Å². The zero-order chi connectivity index (χ0) is 24.5. The first-order chi connectivity index (χ1) is 17.0. The summed E-state index contributed by atoms with van der Waals surface area (Å²) in [5.41, 5.74) is 3.47. The minimum absolute atomic E-state index is 0.164. The number of imidazole rings is 1. The molecule has 5 rings (SSSR count). The van der Waals surface area contributed by atoms with E-state index in [1.54, 1.807) is 24.4 Å². The van der Waals surface area contributed by atoms with Gasteiger partial charge in [-0.3, -0.25) is 9.89 Å². The molecular weight excluding hydrogens is 452 g/mol. The second-order valence-corrected chi connectivity index (χ2v) is 7.99. The molecule has 0 aliphatic rings. The number of hydrogen-bond donors (Lipinski definition) is 4. The van der Waals surface area contributed by atoms with Crippen LogP contribution in [0.2, 0.25) is 0 Å². The fourth-order valence-corrected chi connectivity index (χ4v) is 4.07. The molecule has 1 amide bonds. The predicted octanol–water partition coefficient (Wildman–Crippen LogP) is 5.56. The van der Waals surface area contributed by atoms with Gasteiger partial charge in [0.25, 0.3) is 5.91 Å². The minimum atomic E-state index is -0.732. The van der Waals surface area contributed by atoms with Crippen LogP contribution in [0.1, 0.15) is 24.2 Å². The van der Waals surface area contributed by atoms with Gasteiger partial charge >= 0.3 is 0 Å². The van der Waals surface area contributed by atoms with Crippen LogP contribution < -0.4 is 15.5 Å². The molecule has 0 fully saturated rings. The number of hydrogen-bond acceptors (Lipinski definition) is 5. The molecule has 0 aliphatic carbocycles. The number of aromatic amines is 2. The quantitative estimate of drug-likeness (QED) is 0.247. The van der Waals surface area contributed by atoms with Crippen LogP contribution in [-0.2, 0) is 0 Å². The molecule has 0 aliphatic heterocycles. The Labute approximate surface area is 199 Å². The number of anilines is 4. The number of nitrogens with zero attached hydrogens (tertiary/aromatic N) is 3. The lowest BCUT2D eigenvalue weighted by Crippen LogP contribution is -2.25. The van der Waals surface area contributed by atoms with Crippen molar-refractivity contribution in [3.05, 3.63) is 71.9 Å². The molecule has 8 nitrogen and oxygen atoms in total. The summed E-state index contributed by atoms with van der Waals surface area (Å²) in [6, 6.07) is 12.6. The average Bonchev–Trinajstić information content (AvgIpc) is 3.47. The summed E-state index contributed by atoms with van der Waals surface area (Å²) < 4.78 is 28.2. The van der Waals surface area contributed by atoms with Crippen molar-refractivity contribution in [2.75, 3.05) is 28.6 Å². The number of amides is 1. The van der Waals surface area contributed by atoms with E-state index in [0.29, 0.717) is 41.1 Å². The molecule has 35 heavy (non-hydrogen) atoms. The Balaban J connectivity index is 1.53. The lowest BCUT2D eigenvalue weighted by atomic mass is 10.1. The lowest BCUT2D eigenvalue weighted by Gasteiger charge is -2.23. The summed E-state index contributed by atoms with van der Waals surface area (Å²) in [6.45, 7) is 5.36. The van der Waals surface area contributed by atoms with Crippen LogP contribution in [0.5, 0.6) is 0 Å². The summed E-state index contributed by atoms with van der Waals surface area (Å²) in [6.07, 6.45) is 1.69. The van der Waals surface area contributed by atoms with Crippen LogP contribution in [0, 0.1) is 11.6 Å². The van der Waals surface area contributed by atoms with Crippen LogP contribution in [-0.4, -0.2) is 39.2 Å². The SMILES string of the molecule is CCN(CC)c1cc2nc(Nc3c(F)cccc3F)[nH]c2cc1C(=O)Nc1ccc2[nH]ncc2c1. The maximum atomic E-state index is 14.1. The Morgan fingerprint density at radius 3 is 2.54 bits per heavy atom. The first kappa shape index (κ1) is 22.3. The Morgan fingerprint density at radius 2 is 1.80 bits per heavy atom. The number of benzene rings is 3. The maximum absolute atomic E-state index is 14.1. The summed E-state index contributed by atoms with van der Waals surface area (Å²) in [7, 11) is 0. The fourth-order valence-electron chi connectivity index (χ4n) is 4.07. The van der Waals surface area contributed by atoms with E-state index in [4.69, 9.17) is 0 Å². The topological polar surface area (TPSA) is 102 Å². The van der Waals surface area contributed by atoms with Gasteiger partial charge in [0.05, 0.1) is 34.0 Å². The lowest BCUT2D eigenvalue weighted by molar-refractivity contribution is 0.102. The van der Waals surface area contributed by atoms with Gasteiger partial charge in [-0.2, -0.15) is 5.10 Å². The van der Waals surface area contributed by atoms with Crippen LogP contribution in [0.15, 0.2) is 54.7 Å². The van der Waals surface area contributed by atoms with Crippen molar-refractivity contribution in [2.24, 2.45) is 0 Å². The molecule has 0 unspecified atom stereocenters. The molecule has 3 aromatic carbocycles. The third-order valence-electron chi connectivity index (χ3n) is 5.85. The van der Waals surface area contributed by atoms with Gasteiger partial charge in [0.15, 0.2) is 0 Å². The molecule has 0 atom stereocenters. The number of aromatic nitrogens is 4. The van der Waals surface area contributed by atoms with Gasteiger partial charge in [-0.25, -0.2) is 13.8 Å². The number of carbonyl (C=O) groups is 1. The van der Waals surface area contributed by atoms with Crippen molar-refractivity contribution in [2.45, 2.75) is 13.8 Å². The summed E-state index contributed by atoms with van der Waals surface area (Å²) in [4.78, 5) is 22.9. The zero-order valence-corrected chi connectivity index (χ0v) is 19.1. The minimum Gasteiger partial charge on any atom is -0.371 e. The molecular formula is C25H23F2N7O. The van der Waals surface area contributed by atoms with E-state index in [0.717, 1.165) is 23.0 Å². The van der Waals surface area contributed by atoms with Crippen LogP contribution >= 0.6 is 0 Å². The smallest absolute Gasteiger partial charge is 0.257 e. The molecule has 4 N–H and O–H groups in total. The number of nitrogens with one attached hydrogen (secondary N) is 4. The van der Waals surface area contributed by atoms with Gasteiger partial charge in [0.1, 0.15) is 17.3 Å². The second-order valence-electron chi connectivity index (χ2n) is 7.99. The number of fused-ring (bicyclic) bond motifs is 2. The Bertz CT molecular complexity index is 1520. The third-order valence-corrected chi connectivity index (χ3v) is 5.85. The highest BCUT2D eigenvalue weighted by Crippen LogP contribution is 2.30. The molecule has 0 spiro atoms. The normalized spacial score (nSPS) is 11.2. The number of halogens is 2. The van der Waals surface area contributed by atoms with E-state index in [1.807, 2.05) is 30.9 Å². The van der Waals surface area contributed by atoms with Gasteiger partial charge in [-0.05, 0) is 56.3 Å². The van der Waals surface area contributed by atoms with Gasteiger partial charge in [-0.1, -0.05) is 6.07 Å². The standard InChI is InChI=1S/C25H23F2N7O/c1-3-34(4-2)22-12-21-20(30-25(31-21)32-23-17(26)6-5-7-18(23)27)11-16(22)24(35)29-15-8-9-19-14(10-15)13-28-33-19/h5-13H,3-4H2,1-2H3,(H,28,33)(H,29,35)(H2,30,31,32). The monoisotopic (exact) mass is 475 g/mol. The van der Waals surface area contributed by atoms with E-state index in [2.05, 4.69) is 30.8 Å². The number of carbonyl (C=O) groups excluding carboxylic acids is 1. The molecule has 0 saturated heterocycles. The molecule has 2 heterocycles. The van der Waals surface area contributed by atoms with Crippen molar-refractivity contribution in [3.8, 4) is 0 Å². The number of para-hydroxylation sites is 1. The van der Waals surface area contributed by atoms with E-state index in [-0.39, 0.29) is 17.5 Å². The first-order valence-corrected chi connectivity index (χ1v) is 11.2. The summed E-state index contributed by atoms with van der Waals surface area (Å²) >= 11 is 0. The Kier molecular flexibility index (Phi) is 5.77. The molecule has 10 heteroatoms. The highest BCUT2D eigenvalue weighted by atomic mass is 19.1. The van der Waals surface area contributed by atoms with E-state index in [1.165, 1.54) is 6.07 Å². The highest BCUT2D eigenvalue weighted by Gasteiger charge is 2.19. The van der Waals surface area contributed by atoms with Crippen LogP contribution in [0.25, 0.3) is 21.9 Å². The van der Waals surface area contributed by atoms with E-state index in [9.17, 15) is 13.6 Å².